The molecule has 25 heavy (non-hydrogen) atoms. The zero-order valence-corrected chi connectivity index (χ0v) is 16.5. The van der Waals surface area contributed by atoms with Crippen molar-refractivity contribution in [3.63, 3.8) is 0 Å². The van der Waals surface area contributed by atoms with Gasteiger partial charge in [0.15, 0.2) is 0 Å². The van der Waals surface area contributed by atoms with E-state index < -0.39 is 0 Å². The number of likely N-dealkylation sites (tertiary alicyclic amines) is 1. The van der Waals surface area contributed by atoms with Gasteiger partial charge in [-0.2, -0.15) is 0 Å². The molecule has 1 aliphatic rings. The van der Waals surface area contributed by atoms with Crippen molar-refractivity contribution in [1.82, 2.24) is 14.7 Å². The van der Waals surface area contributed by atoms with Crippen molar-refractivity contribution in [2.24, 2.45) is 0 Å². The van der Waals surface area contributed by atoms with Crippen LogP contribution in [0.5, 0.6) is 0 Å². The van der Waals surface area contributed by atoms with Crippen LogP contribution in [-0.4, -0.2) is 66.8 Å². The molecule has 1 heterocycles. The van der Waals surface area contributed by atoms with Crippen molar-refractivity contribution in [2.45, 2.75) is 31.8 Å². The zero-order chi connectivity index (χ0) is 18.6. The fourth-order valence-corrected chi connectivity index (χ4v) is 3.36. The molecule has 0 radical (unpaired) electrons. The second-order valence-electron chi connectivity index (χ2n) is 6.77. The molecule has 0 aromatic heterocycles. The van der Waals surface area contributed by atoms with Crippen LogP contribution in [0, 0.1) is 0 Å². The highest BCUT2D eigenvalue weighted by molar-refractivity contribution is 6.35. The normalized spacial score (nSPS) is 17.4. The summed E-state index contributed by atoms with van der Waals surface area (Å²) in [6.45, 7) is 1.90. The fraction of sp³-hybridized carbons (Fsp3) is 0.556. The van der Waals surface area contributed by atoms with E-state index in [1.165, 1.54) is 0 Å². The summed E-state index contributed by atoms with van der Waals surface area (Å²) in [4.78, 5) is 30.3. The van der Waals surface area contributed by atoms with E-state index in [1.54, 1.807) is 21.9 Å². The molecule has 1 unspecified atom stereocenters. The molecule has 0 saturated carbocycles. The van der Waals surface area contributed by atoms with Gasteiger partial charge in [-0.1, -0.05) is 29.3 Å². The molecule has 7 heteroatoms. The van der Waals surface area contributed by atoms with E-state index in [4.69, 9.17) is 23.2 Å². The van der Waals surface area contributed by atoms with E-state index in [1.807, 2.05) is 32.1 Å². The minimum absolute atomic E-state index is 0.0637. The van der Waals surface area contributed by atoms with Gasteiger partial charge in [-0.15, -0.1) is 0 Å². The highest BCUT2D eigenvalue weighted by Crippen LogP contribution is 2.28. The number of benzene rings is 1. The number of halogens is 2. The lowest BCUT2D eigenvalue weighted by atomic mass is 10.1. The summed E-state index contributed by atoms with van der Waals surface area (Å²) in [5, 5.41) is 1.11. The highest BCUT2D eigenvalue weighted by atomic mass is 35.5. The molecule has 0 bridgehead atoms. The Morgan fingerprint density at radius 1 is 1.24 bits per heavy atom. The van der Waals surface area contributed by atoms with Crippen molar-refractivity contribution < 1.29 is 9.59 Å². The van der Waals surface area contributed by atoms with Crippen LogP contribution < -0.4 is 0 Å². The molecule has 1 fully saturated rings. The first-order valence-corrected chi connectivity index (χ1v) is 9.15. The molecule has 2 amide bonds. The summed E-state index contributed by atoms with van der Waals surface area (Å²) < 4.78 is 0. The maximum atomic E-state index is 12.5. The zero-order valence-electron chi connectivity index (χ0n) is 15.0. The summed E-state index contributed by atoms with van der Waals surface area (Å²) in [6.07, 6.45) is 1.53. The summed E-state index contributed by atoms with van der Waals surface area (Å²) in [5.74, 6) is 0.133. The van der Waals surface area contributed by atoms with E-state index in [0.717, 1.165) is 12.1 Å². The molecule has 0 N–H and O–H groups in total. The topological polar surface area (TPSA) is 43.9 Å². The van der Waals surface area contributed by atoms with Gasteiger partial charge in [0.2, 0.25) is 11.8 Å². The van der Waals surface area contributed by atoms with Gasteiger partial charge in [-0.25, -0.2) is 0 Å². The molecule has 5 nitrogen and oxygen atoms in total. The van der Waals surface area contributed by atoms with E-state index in [0.29, 0.717) is 42.4 Å². The number of hydrogen-bond acceptors (Lipinski definition) is 3. The Kier molecular flexibility index (Phi) is 7.11. The van der Waals surface area contributed by atoms with Crippen LogP contribution in [0.2, 0.25) is 10.0 Å². The first kappa shape index (κ1) is 20.0. The SMILES string of the molecule is CN(C)CCN(C)C(=O)CC1CCC(=O)N1Cc1ccc(Cl)cc1Cl. The predicted molar refractivity (Wildman–Crippen MR) is 101 cm³/mol. The van der Waals surface area contributed by atoms with Gasteiger partial charge in [0.1, 0.15) is 0 Å². The van der Waals surface area contributed by atoms with Gasteiger partial charge in [0.25, 0.3) is 0 Å². The number of likely N-dealkylation sites (N-methyl/N-ethyl adjacent to an activating group) is 2. The summed E-state index contributed by atoms with van der Waals surface area (Å²) in [5.41, 5.74) is 0.847. The quantitative estimate of drug-likeness (QED) is 0.724. The fourth-order valence-electron chi connectivity index (χ4n) is 2.89. The van der Waals surface area contributed by atoms with Gasteiger partial charge in [-0.05, 0) is 38.2 Å². The van der Waals surface area contributed by atoms with Gasteiger partial charge in [0.05, 0.1) is 0 Å². The predicted octanol–water partition coefficient (Wildman–Crippen LogP) is 2.89. The van der Waals surface area contributed by atoms with Gasteiger partial charge in [-0.3, -0.25) is 9.59 Å². The van der Waals surface area contributed by atoms with E-state index >= 15 is 0 Å². The van der Waals surface area contributed by atoms with Gasteiger partial charge >= 0.3 is 0 Å². The lowest BCUT2D eigenvalue weighted by Gasteiger charge is -2.27. The number of rotatable bonds is 7. The van der Waals surface area contributed by atoms with Crippen LogP contribution in [0.15, 0.2) is 18.2 Å². The second-order valence-corrected chi connectivity index (χ2v) is 7.62. The highest BCUT2D eigenvalue weighted by Gasteiger charge is 2.33. The molecule has 1 aromatic carbocycles. The van der Waals surface area contributed by atoms with Gasteiger partial charge < -0.3 is 14.7 Å². The third kappa shape index (κ3) is 5.59. The molecule has 1 saturated heterocycles. The number of carbonyl (C=O) groups is 2. The Balaban J connectivity index is 2.00. The Morgan fingerprint density at radius 2 is 1.96 bits per heavy atom. The molecule has 138 valence electrons. The first-order valence-electron chi connectivity index (χ1n) is 8.40. The van der Waals surface area contributed by atoms with Crippen molar-refractivity contribution in [1.29, 1.82) is 0 Å². The van der Waals surface area contributed by atoms with Crippen LogP contribution >= 0.6 is 23.2 Å². The third-order valence-corrected chi connectivity index (χ3v) is 5.11. The standard InChI is InChI=1S/C18H25Cl2N3O2/c1-21(2)8-9-22(3)18(25)11-15-6-7-17(24)23(15)12-13-4-5-14(19)10-16(13)20/h4-5,10,15H,6-9,11-12H2,1-3H3. The molecule has 1 aliphatic heterocycles. The van der Waals surface area contributed by atoms with Crippen LogP contribution in [0.1, 0.15) is 24.8 Å². The number of nitrogens with zero attached hydrogens (tertiary/aromatic N) is 3. The molecule has 0 aliphatic carbocycles. The average molecular weight is 386 g/mol. The summed E-state index contributed by atoms with van der Waals surface area (Å²) in [7, 11) is 5.76. The largest absolute Gasteiger partial charge is 0.344 e. The van der Waals surface area contributed by atoms with E-state index in [-0.39, 0.29) is 17.9 Å². The molecular formula is C18H25Cl2N3O2. The van der Waals surface area contributed by atoms with E-state index in [9.17, 15) is 9.59 Å². The molecular weight excluding hydrogens is 361 g/mol. The monoisotopic (exact) mass is 385 g/mol. The lowest BCUT2D eigenvalue weighted by molar-refractivity contribution is -0.133. The van der Waals surface area contributed by atoms with E-state index in [2.05, 4.69) is 0 Å². The minimum atomic E-state index is -0.0754. The Labute approximate surface area is 159 Å². The smallest absolute Gasteiger partial charge is 0.224 e. The Hall–Kier alpha value is -1.30. The van der Waals surface area contributed by atoms with Crippen molar-refractivity contribution in [3.8, 4) is 0 Å². The number of hydrogen-bond donors (Lipinski definition) is 0. The lowest BCUT2D eigenvalue weighted by Crippen LogP contribution is -2.39. The van der Waals surface area contributed by atoms with Crippen LogP contribution in [0.25, 0.3) is 0 Å². The molecule has 1 aromatic rings. The Morgan fingerprint density at radius 3 is 2.60 bits per heavy atom. The minimum Gasteiger partial charge on any atom is -0.344 e. The first-order chi connectivity index (χ1) is 11.8. The van der Waals surface area contributed by atoms with Crippen LogP contribution in [-0.2, 0) is 16.1 Å². The summed E-state index contributed by atoms with van der Waals surface area (Å²) in [6, 6.07) is 5.19. The molecule has 2 rings (SSSR count). The van der Waals surface area contributed by atoms with Crippen LogP contribution in [0.3, 0.4) is 0 Å². The third-order valence-electron chi connectivity index (χ3n) is 4.53. The molecule has 1 atom stereocenters. The maximum absolute atomic E-state index is 12.5. The molecule has 0 spiro atoms. The summed E-state index contributed by atoms with van der Waals surface area (Å²) >= 11 is 12.2. The second kappa shape index (κ2) is 8.88. The van der Waals surface area contributed by atoms with Gasteiger partial charge in [0, 0.05) is 55.6 Å². The average Bonchev–Trinajstić information content (AvgIpc) is 2.88. The van der Waals surface area contributed by atoms with Crippen molar-refractivity contribution in [3.05, 3.63) is 33.8 Å². The number of amides is 2. The maximum Gasteiger partial charge on any atom is 0.224 e. The van der Waals surface area contributed by atoms with Crippen LogP contribution in [0.4, 0.5) is 0 Å². The van der Waals surface area contributed by atoms with Crippen molar-refractivity contribution in [2.75, 3.05) is 34.2 Å². The number of carbonyl (C=O) groups excluding carboxylic acids is 2. The Bertz CT molecular complexity index is 637. The van der Waals surface area contributed by atoms with Crippen molar-refractivity contribution >= 4 is 35.0 Å².